The number of aryl methyl sites for hydroxylation is 1. The number of hydrazine groups is 1. The predicted molar refractivity (Wildman–Crippen MR) is 53.3 cm³/mol. The average molecular weight is 164 g/mol. The first-order valence-corrected chi connectivity index (χ1v) is 4.16. The lowest BCUT2D eigenvalue weighted by Crippen LogP contribution is -2.16. The van der Waals surface area contributed by atoms with E-state index in [4.69, 9.17) is 0 Å². The van der Waals surface area contributed by atoms with E-state index in [-0.39, 0.29) is 0 Å². The second kappa shape index (κ2) is 3.59. The Morgan fingerprint density at radius 1 is 1.00 bits per heavy atom. The van der Waals surface area contributed by atoms with Gasteiger partial charge in [-0.05, 0) is 43.5 Å². The smallest absolute Gasteiger partial charge is 0.0519 e. The van der Waals surface area contributed by atoms with Gasteiger partial charge in [0.2, 0.25) is 0 Å². The molecule has 1 aromatic rings. The van der Waals surface area contributed by atoms with E-state index < -0.39 is 0 Å². The fraction of sp³-hybridized carbons (Fsp3) is 0.400. The molecular formula is C10H16N2. The molecule has 0 radical (unpaired) electrons. The van der Waals surface area contributed by atoms with Crippen molar-refractivity contribution in [3.8, 4) is 0 Å². The zero-order chi connectivity index (χ0) is 9.14. The molecule has 66 valence electrons. The predicted octanol–water partition coefficient (Wildman–Crippen LogP) is 2.16. The first-order chi connectivity index (χ1) is 5.66. The van der Waals surface area contributed by atoms with Gasteiger partial charge in [-0.2, -0.15) is 0 Å². The minimum Gasteiger partial charge on any atom is -0.321 e. The van der Waals surface area contributed by atoms with Gasteiger partial charge in [-0.25, -0.2) is 5.43 Å². The number of nitrogens with one attached hydrogen (secondary N) is 2. The van der Waals surface area contributed by atoms with Crippen LogP contribution < -0.4 is 10.9 Å². The number of benzene rings is 1. The second-order valence-corrected chi connectivity index (χ2v) is 3.06. The van der Waals surface area contributed by atoms with Gasteiger partial charge in [0.05, 0.1) is 5.69 Å². The van der Waals surface area contributed by atoms with E-state index in [0.29, 0.717) is 0 Å². The van der Waals surface area contributed by atoms with E-state index in [1.54, 1.807) is 0 Å². The van der Waals surface area contributed by atoms with Gasteiger partial charge in [-0.1, -0.05) is 6.07 Å². The molecule has 0 aromatic heterocycles. The van der Waals surface area contributed by atoms with Crippen LogP contribution in [0.2, 0.25) is 0 Å². The summed E-state index contributed by atoms with van der Waals surface area (Å²) in [5.41, 5.74) is 11.2. The Kier molecular flexibility index (Phi) is 2.71. The summed E-state index contributed by atoms with van der Waals surface area (Å²) in [6, 6.07) is 4.22. The van der Waals surface area contributed by atoms with Crippen LogP contribution in [0.3, 0.4) is 0 Å². The quantitative estimate of drug-likeness (QED) is 0.654. The average Bonchev–Trinajstić information content (AvgIpc) is 2.07. The van der Waals surface area contributed by atoms with Crippen molar-refractivity contribution < 1.29 is 0 Å². The lowest BCUT2D eigenvalue weighted by Gasteiger charge is -2.11. The van der Waals surface area contributed by atoms with E-state index in [2.05, 4.69) is 43.8 Å². The van der Waals surface area contributed by atoms with Gasteiger partial charge in [0, 0.05) is 7.05 Å². The van der Waals surface area contributed by atoms with Crippen LogP contribution in [0.5, 0.6) is 0 Å². The van der Waals surface area contributed by atoms with Crippen LogP contribution in [0.25, 0.3) is 0 Å². The third kappa shape index (κ3) is 1.59. The van der Waals surface area contributed by atoms with Crippen molar-refractivity contribution in [3.63, 3.8) is 0 Å². The molecule has 0 atom stereocenters. The lowest BCUT2D eigenvalue weighted by molar-refractivity contribution is 0.977. The number of hydrogen-bond donors (Lipinski definition) is 2. The van der Waals surface area contributed by atoms with Crippen molar-refractivity contribution in [2.75, 3.05) is 12.5 Å². The maximum Gasteiger partial charge on any atom is 0.0519 e. The van der Waals surface area contributed by atoms with E-state index in [1.165, 1.54) is 16.7 Å². The van der Waals surface area contributed by atoms with Gasteiger partial charge < -0.3 is 5.43 Å². The molecule has 0 spiro atoms. The molecule has 0 amide bonds. The number of hydrogen-bond acceptors (Lipinski definition) is 2. The molecule has 0 heterocycles. The molecule has 12 heavy (non-hydrogen) atoms. The normalized spacial score (nSPS) is 10.0. The summed E-state index contributed by atoms with van der Waals surface area (Å²) < 4.78 is 0. The van der Waals surface area contributed by atoms with Crippen LogP contribution in [0.1, 0.15) is 16.7 Å². The summed E-state index contributed by atoms with van der Waals surface area (Å²) in [5.74, 6) is 0. The molecule has 2 heteroatoms. The molecule has 0 aliphatic rings. The largest absolute Gasteiger partial charge is 0.321 e. The fourth-order valence-electron chi connectivity index (χ4n) is 1.23. The van der Waals surface area contributed by atoms with Crippen LogP contribution in [-0.2, 0) is 0 Å². The van der Waals surface area contributed by atoms with Gasteiger partial charge >= 0.3 is 0 Å². The van der Waals surface area contributed by atoms with Crippen molar-refractivity contribution in [3.05, 3.63) is 28.8 Å². The monoisotopic (exact) mass is 164 g/mol. The van der Waals surface area contributed by atoms with Crippen LogP contribution in [-0.4, -0.2) is 7.05 Å². The molecule has 0 unspecified atom stereocenters. The van der Waals surface area contributed by atoms with E-state index in [0.717, 1.165) is 5.69 Å². The molecule has 0 saturated heterocycles. The van der Waals surface area contributed by atoms with Gasteiger partial charge in [-0.3, -0.25) is 0 Å². The first-order valence-electron chi connectivity index (χ1n) is 4.16. The van der Waals surface area contributed by atoms with Gasteiger partial charge in [0.25, 0.3) is 0 Å². The summed E-state index contributed by atoms with van der Waals surface area (Å²) in [5, 5.41) is 0. The maximum absolute atomic E-state index is 3.09. The lowest BCUT2D eigenvalue weighted by atomic mass is 10.0. The molecule has 2 N–H and O–H groups in total. The van der Waals surface area contributed by atoms with E-state index >= 15 is 0 Å². The third-order valence-corrected chi connectivity index (χ3v) is 2.32. The zero-order valence-electron chi connectivity index (χ0n) is 8.15. The fourth-order valence-corrected chi connectivity index (χ4v) is 1.23. The molecule has 0 aliphatic heterocycles. The maximum atomic E-state index is 3.09. The molecule has 2 nitrogen and oxygen atoms in total. The van der Waals surface area contributed by atoms with Crippen LogP contribution in [0, 0.1) is 20.8 Å². The Morgan fingerprint density at radius 2 is 1.67 bits per heavy atom. The van der Waals surface area contributed by atoms with Gasteiger partial charge in [0.15, 0.2) is 0 Å². The molecule has 0 saturated carbocycles. The van der Waals surface area contributed by atoms with Crippen molar-refractivity contribution in [2.24, 2.45) is 0 Å². The SMILES string of the molecule is CNNc1ccc(C)c(C)c1C. The minimum absolute atomic E-state index is 1.15. The highest BCUT2D eigenvalue weighted by atomic mass is 15.3. The molecule has 1 rings (SSSR count). The third-order valence-electron chi connectivity index (χ3n) is 2.32. The van der Waals surface area contributed by atoms with Crippen LogP contribution >= 0.6 is 0 Å². The molecule has 0 aliphatic carbocycles. The van der Waals surface area contributed by atoms with Crippen LogP contribution in [0.4, 0.5) is 5.69 Å². The van der Waals surface area contributed by atoms with Crippen molar-refractivity contribution in [2.45, 2.75) is 20.8 Å². The summed E-state index contributed by atoms with van der Waals surface area (Å²) in [6.07, 6.45) is 0. The Morgan fingerprint density at radius 3 is 2.25 bits per heavy atom. The minimum atomic E-state index is 1.15. The molecule has 1 aromatic carbocycles. The molecule has 0 fully saturated rings. The Balaban J connectivity index is 3.08. The molecular weight excluding hydrogens is 148 g/mol. The second-order valence-electron chi connectivity index (χ2n) is 3.06. The topological polar surface area (TPSA) is 24.1 Å². The highest BCUT2D eigenvalue weighted by Gasteiger charge is 2.01. The number of rotatable bonds is 2. The van der Waals surface area contributed by atoms with Gasteiger partial charge in [-0.15, -0.1) is 0 Å². The van der Waals surface area contributed by atoms with Crippen molar-refractivity contribution in [1.82, 2.24) is 5.43 Å². The standard InChI is InChI=1S/C10H16N2/c1-7-5-6-10(12-11-4)9(3)8(7)2/h5-6,11-12H,1-4H3. The highest BCUT2D eigenvalue weighted by Crippen LogP contribution is 2.20. The zero-order valence-corrected chi connectivity index (χ0v) is 8.15. The van der Waals surface area contributed by atoms with Crippen molar-refractivity contribution >= 4 is 5.69 Å². The summed E-state index contributed by atoms with van der Waals surface area (Å²) in [6.45, 7) is 6.40. The van der Waals surface area contributed by atoms with Crippen LogP contribution in [0.15, 0.2) is 12.1 Å². The summed E-state index contributed by atoms with van der Waals surface area (Å²) >= 11 is 0. The number of anilines is 1. The Bertz CT molecular complexity index is 279. The van der Waals surface area contributed by atoms with Crippen molar-refractivity contribution in [1.29, 1.82) is 0 Å². The van der Waals surface area contributed by atoms with Gasteiger partial charge in [0.1, 0.15) is 0 Å². The van der Waals surface area contributed by atoms with E-state index in [9.17, 15) is 0 Å². The molecule has 0 bridgehead atoms. The Labute approximate surface area is 74.0 Å². The summed E-state index contributed by atoms with van der Waals surface area (Å²) in [7, 11) is 1.87. The van der Waals surface area contributed by atoms with E-state index in [1.807, 2.05) is 7.05 Å². The highest BCUT2D eigenvalue weighted by molar-refractivity contribution is 5.55. The summed E-state index contributed by atoms with van der Waals surface area (Å²) in [4.78, 5) is 0. The first kappa shape index (κ1) is 9.07. The Hall–Kier alpha value is -1.02.